The van der Waals surface area contributed by atoms with Crippen LogP contribution in [0.25, 0.3) is 0 Å². The molecule has 1 aromatic rings. The van der Waals surface area contributed by atoms with Crippen molar-refractivity contribution >= 4 is 5.91 Å². The zero-order valence-electron chi connectivity index (χ0n) is 11.7. The van der Waals surface area contributed by atoms with Crippen LogP contribution in [0.3, 0.4) is 0 Å². The third kappa shape index (κ3) is 6.79. The maximum Gasteiger partial charge on any atom is 0.251 e. The Morgan fingerprint density at radius 3 is 2.32 bits per heavy atom. The molecule has 1 amide bonds. The summed E-state index contributed by atoms with van der Waals surface area (Å²) in [5, 5.41) is 13.7. The first-order chi connectivity index (χ1) is 9.24. The van der Waals surface area contributed by atoms with Crippen molar-refractivity contribution in [1.29, 1.82) is 0 Å². The number of unbranched alkanes of at least 4 members (excludes halogenated alkanes) is 6. The van der Waals surface area contributed by atoms with Gasteiger partial charge < -0.3 is 10.5 Å². The molecular weight excluding hydrogens is 240 g/mol. The van der Waals surface area contributed by atoms with E-state index in [0.717, 1.165) is 6.42 Å². The van der Waals surface area contributed by atoms with Crippen LogP contribution >= 0.6 is 0 Å². The van der Waals surface area contributed by atoms with Crippen LogP contribution in [0.2, 0.25) is 0 Å². The number of rotatable bonds is 9. The average Bonchev–Trinajstić information content (AvgIpc) is 2.42. The van der Waals surface area contributed by atoms with Gasteiger partial charge in [-0.1, -0.05) is 45.4 Å². The second-order valence-corrected chi connectivity index (χ2v) is 4.82. The number of nitrogens with zero attached hydrogens (tertiary/aromatic N) is 1. The molecule has 0 atom stereocenters. The minimum atomic E-state index is -0.105. The molecule has 0 radical (unpaired) electrons. The van der Waals surface area contributed by atoms with E-state index in [1.807, 2.05) is 0 Å². The number of pyridine rings is 1. The van der Waals surface area contributed by atoms with Gasteiger partial charge in [-0.15, -0.1) is 0 Å². The van der Waals surface area contributed by atoms with Crippen LogP contribution in [-0.2, 0) is 0 Å². The average molecular weight is 264 g/mol. The third-order valence-electron chi connectivity index (χ3n) is 3.13. The first-order valence-corrected chi connectivity index (χ1v) is 7.21. The van der Waals surface area contributed by atoms with Crippen molar-refractivity contribution in [2.24, 2.45) is 0 Å². The van der Waals surface area contributed by atoms with Crippen molar-refractivity contribution in [3.8, 4) is 0 Å². The number of carbonyl (C=O) groups is 1. The maximum atomic E-state index is 11.7. The van der Waals surface area contributed by atoms with Gasteiger partial charge in [0, 0.05) is 18.7 Å². The largest absolute Gasteiger partial charge is 0.619 e. The lowest BCUT2D eigenvalue weighted by molar-refractivity contribution is -0.605. The number of amides is 1. The van der Waals surface area contributed by atoms with Gasteiger partial charge >= 0.3 is 0 Å². The first-order valence-electron chi connectivity index (χ1n) is 7.21. The highest BCUT2D eigenvalue weighted by molar-refractivity contribution is 5.93. The van der Waals surface area contributed by atoms with E-state index in [1.54, 1.807) is 0 Å². The summed E-state index contributed by atoms with van der Waals surface area (Å²) in [4.78, 5) is 11.7. The first kappa shape index (κ1) is 15.5. The highest BCUT2D eigenvalue weighted by atomic mass is 16.5. The van der Waals surface area contributed by atoms with Crippen LogP contribution in [0.5, 0.6) is 0 Å². The minimum absolute atomic E-state index is 0.105. The van der Waals surface area contributed by atoms with Crippen molar-refractivity contribution in [2.45, 2.75) is 51.9 Å². The fraction of sp³-hybridized carbons (Fsp3) is 0.600. The molecule has 0 unspecified atom stereocenters. The Labute approximate surface area is 115 Å². The second-order valence-electron chi connectivity index (χ2n) is 4.82. The van der Waals surface area contributed by atoms with Crippen LogP contribution in [0, 0.1) is 5.21 Å². The Morgan fingerprint density at radius 2 is 1.68 bits per heavy atom. The summed E-state index contributed by atoms with van der Waals surface area (Å²) in [6, 6.07) is 3.07. The van der Waals surface area contributed by atoms with Gasteiger partial charge in [0.1, 0.15) is 0 Å². The molecule has 4 nitrogen and oxygen atoms in total. The van der Waals surface area contributed by atoms with E-state index in [1.165, 1.54) is 63.1 Å². The minimum Gasteiger partial charge on any atom is -0.619 e. The van der Waals surface area contributed by atoms with Gasteiger partial charge in [0.25, 0.3) is 5.91 Å². The standard InChI is InChI=1S/C15H24N2O2/c1-2-3-4-5-6-7-8-11-16-15(18)14-9-12-17(19)13-10-14/h9-10,12-13H,2-8,11H2,1H3,(H,16,18). The molecule has 4 heteroatoms. The molecule has 1 aromatic heterocycles. The Morgan fingerprint density at radius 1 is 1.11 bits per heavy atom. The number of carbonyl (C=O) groups excluding carboxylic acids is 1. The van der Waals surface area contributed by atoms with Crippen molar-refractivity contribution < 1.29 is 9.52 Å². The summed E-state index contributed by atoms with van der Waals surface area (Å²) >= 11 is 0. The van der Waals surface area contributed by atoms with Gasteiger partial charge in [-0.05, 0) is 6.42 Å². The van der Waals surface area contributed by atoms with Crippen LogP contribution < -0.4 is 10.0 Å². The van der Waals surface area contributed by atoms with Crippen LogP contribution in [0.4, 0.5) is 0 Å². The van der Waals surface area contributed by atoms with Crippen molar-refractivity contribution in [1.82, 2.24) is 5.32 Å². The summed E-state index contributed by atoms with van der Waals surface area (Å²) in [6.07, 6.45) is 11.3. The molecule has 1 N–H and O–H groups in total. The van der Waals surface area contributed by atoms with Gasteiger partial charge in [-0.25, -0.2) is 0 Å². The predicted molar refractivity (Wildman–Crippen MR) is 75.7 cm³/mol. The molecule has 0 spiro atoms. The van der Waals surface area contributed by atoms with E-state index >= 15 is 0 Å². The Hall–Kier alpha value is -1.58. The van der Waals surface area contributed by atoms with Crippen LogP contribution in [0.15, 0.2) is 24.5 Å². The van der Waals surface area contributed by atoms with Gasteiger partial charge in [-0.3, -0.25) is 4.79 Å². The van der Waals surface area contributed by atoms with E-state index in [0.29, 0.717) is 16.8 Å². The number of nitrogens with one attached hydrogen (secondary N) is 1. The Kier molecular flexibility index (Phi) is 7.63. The van der Waals surface area contributed by atoms with Gasteiger partial charge in [-0.2, -0.15) is 4.73 Å². The fourth-order valence-corrected chi connectivity index (χ4v) is 1.95. The summed E-state index contributed by atoms with van der Waals surface area (Å²) in [7, 11) is 0. The van der Waals surface area contributed by atoms with Gasteiger partial charge in [0.15, 0.2) is 12.4 Å². The smallest absolute Gasteiger partial charge is 0.251 e. The van der Waals surface area contributed by atoms with Gasteiger partial charge in [0.2, 0.25) is 0 Å². The third-order valence-corrected chi connectivity index (χ3v) is 3.13. The van der Waals surface area contributed by atoms with E-state index in [2.05, 4.69) is 12.2 Å². The van der Waals surface area contributed by atoms with Crippen LogP contribution in [0.1, 0.15) is 62.2 Å². The zero-order chi connectivity index (χ0) is 13.9. The molecular formula is C15H24N2O2. The zero-order valence-corrected chi connectivity index (χ0v) is 11.7. The number of hydrogen-bond donors (Lipinski definition) is 1. The quantitative estimate of drug-likeness (QED) is 0.423. The summed E-state index contributed by atoms with van der Waals surface area (Å²) < 4.78 is 0.674. The van der Waals surface area contributed by atoms with E-state index in [-0.39, 0.29) is 5.91 Å². The Bertz CT molecular complexity index is 363. The molecule has 106 valence electrons. The molecule has 0 aliphatic rings. The molecule has 1 rings (SSSR count). The Balaban J connectivity index is 2.06. The highest BCUT2D eigenvalue weighted by Crippen LogP contribution is 2.06. The summed E-state index contributed by atoms with van der Waals surface area (Å²) in [5.74, 6) is -0.105. The van der Waals surface area contributed by atoms with E-state index < -0.39 is 0 Å². The normalized spacial score (nSPS) is 10.4. The molecule has 0 aromatic carbocycles. The van der Waals surface area contributed by atoms with Crippen molar-refractivity contribution in [3.05, 3.63) is 35.3 Å². The molecule has 0 aliphatic carbocycles. The summed E-state index contributed by atoms with van der Waals surface area (Å²) in [6.45, 7) is 2.92. The lowest BCUT2D eigenvalue weighted by Gasteiger charge is -2.05. The maximum absolute atomic E-state index is 11.7. The second kappa shape index (κ2) is 9.36. The molecule has 1 heterocycles. The van der Waals surface area contributed by atoms with Crippen molar-refractivity contribution in [3.63, 3.8) is 0 Å². The van der Waals surface area contributed by atoms with Crippen LogP contribution in [-0.4, -0.2) is 12.5 Å². The number of hydrogen-bond acceptors (Lipinski definition) is 2. The monoisotopic (exact) mass is 264 g/mol. The highest BCUT2D eigenvalue weighted by Gasteiger charge is 2.05. The lowest BCUT2D eigenvalue weighted by Crippen LogP contribution is -2.28. The molecule has 0 fully saturated rings. The molecule has 0 bridgehead atoms. The van der Waals surface area contributed by atoms with Crippen molar-refractivity contribution in [2.75, 3.05) is 6.54 Å². The number of aromatic nitrogens is 1. The fourth-order valence-electron chi connectivity index (χ4n) is 1.95. The van der Waals surface area contributed by atoms with E-state index in [9.17, 15) is 10.0 Å². The topological polar surface area (TPSA) is 56.0 Å². The van der Waals surface area contributed by atoms with E-state index in [4.69, 9.17) is 0 Å². The molecule has 0 saturated heterocycles. The predicted octanol–water partition coefficient (Wildman–Crippen LogP) is 2.80. The van der Waals surface area contributed by atoms with Gasteiger partial charge in [0.05, 0.1) is 5.56 Å². The molecule has 0 aliphatic heterocycles. The summed E-state index contributed by atoms with van der Waals surface area (Å²) in [5.41, 5.74) is 0.537. The SMILES string of the molecule is CCCCCCCCCNC(=O)c1cc[n+]([O-])cc1. The molecule has 19 heavy (non-hydrogen) atoms. The molecule has 0 saturated carbocycles. The lowest BCUT2D eigenvalue weighted by atomic mass is 10.1.